The van der Waals surface area contributed by atoms with Gasteiger partial charge in [-0.3, -0.25) is 14.5 Å². The zero-order valence-corrected chi connectivity index (χ0v) is 23.1. The van der Waals surface area contributed by atoms with Crippen LogP contribution in [0.3, 0.4) is 0 Å². The van der Waals surface area contributed by atoms with Crippen molar-refractivity contribution in [2.75, 3.05) is 69.1 Å². The highest BCUT2D eigenvalue weighted by molar-refractivity contribution is 6.38. The van der Waals surface area contributed by atoms with Crippen molar-refractivity contribution in [3.05, 3.63) is 76.8 Å². The van der Waals surface area contributed by atoms with Gasteiger partial charge in [-0.2, -0.15) is 0 Å². The minimum Gasteiger partial charge on any atom is -0.454 e. The summed E-state index contributed by atoms with van der Waals surface area (Å²) in [7, 11) is 3.90. The molecule has 0 radical (unpaired) electrons. The largest absolute Gasteiger partial charge is 0.454 e. The normalized spacial score (nSPS) is 17.8. The number of hydrogen-bond donors (Lipinski definition) is 2. The monoisotopic (exact) mass is 559 g/mol. The summed E-state index contributed by atoms with van der Waals surface area (Å²) in [6, 6.07) is 18.5. The van der Waals surface area contributed by atoms with Crippen molar-refractivity contribution in [3.63, 3.8) is 0 Å². The predicted octanol–water partition coefficient (Wildman–Crippen LogP) is 4.21. The van der Waals surface area contributed by atoms with Crippen LogP contribution in [0.1, 0.15) is 11.1 Å². The lowest BCUT2D eigenvalue weighted by molar-refractivity contribution is -0.119. The summed E-state index contributed by atoms with van der Waals surface area (Å²) in [5.41, 5.74) is 4.84. The third kappa shape index (κ3) is 5.23. The molecule has 1 saturated heterocycles. The van der Waals surface area contributed by atoms with Gasteiger partial charge in [0, 0.05) is 60.8 Å². The summed E-state index contributed by atoms with van der Waals surface area (Å²) in [5.74, 6) is 1.09. The number of rotatable bonds is 6. The molecule has 206 valence electrons. The number of benzene rings is 3. The van der Waals surface area contributed by atoms with Crippen molar-refractivity contribution in [3.8, 4) is 11.5 Å². The summed E-state index contributed by atoms with van der Waals surface area (Å²) < 4.78 is 11.1. The van der Waals surface area contributed by atoms with Gasteiger partial charge in [0.15, 0.2) is 11.5 Å². The topological polar surface area (TPSA) is 86.4 Å². The van der Waals surface area contributed by atoms with Gasteiger partial charge in [-0.25, -0.2) is 0 Å². The quantitative estimate of drug-likeness (QED) is 0.438. The maximum Gasteiger partial charge on any atom is 0.258 e. The first kappa shape index (κ1) is 26.2. The Balaban J connectivity index is 1.28. The van der Waals surface area contributed by atoms with Crippen molar-refractivity contribution < 1.29 is 19.1 Å². The van der Waals surface area contributed by atoms with E-state index in [2.05, 4.69) is 27.5 Å². The maximum atomic E-state index is 13.2. The van der Waals surface area contributed by atoms with Crippen molar-refractivity contribution in [1.82, 2.24) is 9.80 Å². The molecule has 1 fully saturated rings. The average molecular weight is 560 g/mol. The van der Waals surface area contributed by atoms with Crippen LogP contribution in [-0.4, -0.2) is 75.2 Å². The summed E-state index contributed by atoms with van der Waals surface area (Å²) in [5, 5.41) is 6.92. The highest BCUT2D eigenvalue weighted by atomic mass is 35.5. The van der Waals surface area contributed by atoms with Gasteiger partial charge in [0.25, 0.3) is 5.91 Å². The number of amides is 2. The van der Waals surface area contributed by atoms with Crippen molar-refractivity contribution >= 4 is 51.7 Å². The SMILES string of the molecule is CN1CCN(CC(=O)N(C)c2ccc(NC(=C3C(=O)Nc4cc(Cl)ccc43)c3ccc4c(c3)OCO4)cc2)CC1. The molecule has 3 aliphatic rings. The summed E-state index contributed by atoms with van der Waals surface area (Å²) in [6.45, 7) is 4.26. The first-order valence-corrected chi connectivity index (χ1v) is 13.5. The van der Waals surface area contributed by atoms with Gasteiger partial charge in [-0.05, 0) is 61.6 Å². The molecule has 0 unspecified atom stereocenters. The van der Waals surface area contributed by atoms with E-state index in [-0.39, 0.29) is 18.6 Å². The Labute approximate surface area is 237 Å². The maximum absolute atomic E-state index is 13.2. The van der Waals surface area contributed by atoms with Crippen molar-refractivity contribution in [1.29, 1.82) is 0 Å². The van der Waals surface area contributed by atoms with Crippen LogP contribution >= 0.6 is 11.6 Å². The number of likely N-dealkylation sites (N-methyl/N-ethyl adjacent to an activating group) is 2. The molecule has 0 saturated carbocycles. The number of carbonyl (C=O) groups excluding carboxylic acids is 2. The zero-order chi connectivity index (χ0) is 27.8. The Kier molecular flexibility index (Phi) is 7.10. The van der Waals surface area contributed by atoms with E-state index in [1.165, 1.54) is 0 Å². The Morgan fingerprint density at radius 2 is 1.75 bits per heavy atom. The number of nitrogens with one attached hydrogen (secondary N) is 2. The van der Waals surface area contributed by atoms with E-state index in [1.54, 1.807) is 24.1 Å². The highest BCUT2D eigenvalue weighted by Crippen LogP contribution is 2.41. The highest BCUT2D eigenvalue weighted by Gasteiger charge is 2.29. The molecule has 9 nitrogen and oxygen atoms in total. The molecule has 0 atom stereocenters. The van der Waals surface area contributed by atoms with Gasteiger partial charge < -0.3 is 29.9 Å². The first-order valence-electron chi connectivity index (χ1n) is 13.2. The Bertz CT molecular complexity index is 1500. The Morgan fingerprint density at radius 1 is 1.00 bits per heavy atom. The van der Waals surface area contributed by atoms with Gasteiger partial charge in [-0.1, -0.05) is 17.7 Å². The third-order valence-corrected chi connectivity index (χ3v) is 7.73. The van der Waals surface area contributed by atoms with Crippen LogP contribution in [0.15, 0.2) is 60.7 Å². The minimum atomic E-state index is -0.233. The molecule has 3 aliphatic heterocycles. The molecule has 3 aromatic rings. The van der Waals surface area contributed by atoms with Crippen LogP contribution in [0.2, 0.25) is 5.02 Å². The van der Waals surface area contributed by atoms with Gasteiger partial charge in [0.1, 0.15) is 0 Å². The number of ether oxygens (including phenoxy) is 2. The first-order chi connectivity index (χ1) is 19.4. The van der Waals surface area contributed by atoms with Gasteiger partial charge in [-0.15, -0.1) is 0 Å². The molecule has 2 amide bonds. The number of hydrogen-bond acceptors (Lipinski definition) is 7. The number of halogens is 1. The fraction of sp³-hybridized carbons (Fsp3) is 0.267. The standard InChI is InChI=1S/C30H30ClN5O4/c1-34-11-13-36(14-12-34)17-27(37)35(2)22-7-5-21(6-8-22)32-29(19-3-10-25-26(15-19)40-18-39-25)28-23-9-4-20(31)16-24(23)33-30(28)38/h3-10,15-16,32H,11-14,17-18H2,1-2H3,(H,33,38). The molecule has 3 heterocycles. The van der Waals surface area contributed by atoms with E-state index in [4.69, 9.17) is 21.1 Å². The van der Waals surface area contributed by atoms with Crippen LogP contribution in [0, 0.1) is 0 Å². The van der Waals surface area contributed by atoms with Crippen LogP contribution in [0.25, 0.3) is 11.3 Å². The second-order valence-electron chi connectivity index (χ2n) is 10.2. The molecular formula is C30H30ClN5O4. The van der Waals surface area contributed by atoms with Crippen LogP contribution in [0.5, 0.6) is 11.5 Å². The molecule has 40 heavy (non-hydrogen) atoms. The number of piperazine rings is 1. The molecule has 0 aliphatic carbocycles. The number of anilines is 3. The summed E-state index contributed by atoms with van der Waals surface area (Å²) in [6.07, 6.45) is 0. The lowest BCUT2D eigenvalue weighted by Gasteiger charge is -2.32. The molecule has 10 heteroatoms. The predicted molar refractivity (Wildman–Crippen MR) is 157 cm³/mol. The van der Waals surface area contributed by atoms with E-state index in [0.717, 1.165) is 48.7 Å². The zero-order valence-electron chi connectivity index (χ0n) is 22.4. The molecule has 0 bridgehead atoms. The summed E-state index contributed by atoms with van der Waals surface area (Å²) >= 11 is 6.19. The molecule has 0 spiro atoms. The number of fused-ring (bicyclic) bond motifs is 2. The lowest BCUT2D eigenvalue weighted by Crippen LogP contribution is -2.48. The fourth-order valence-corrected chi connectivity index (χ4v) is 5.26. The van der Waals surface area contributed by atoms with Crippen LogP contribution in [0.4, 0.5) is 17.1 Å². The van der Waals surface area contributed by atoms with Gasteiger partial charge in [0.2, 0.25) is 12.7 Å². The fourth-order valence-electron chi connectivity index (χ4n) is 5.08. The molecule has 6 rings (SSSR count). The van der Waals surface area contributed by atoms with E-state index >= 15 is 0 Å². The Morgan fingerprint density at radius 3 is 2.52 bits per heavy atom. The van der Waals surface area contributed by atoms with Crippen molar-refractivity contribution in [2.24, 2.45) is 0 Å². The molecule has 0 aromatic heterocycles. The van der Waals surface area contributed by atoms with Crippen molar-refractivity contribution in [2.45, 2.75) is 0 Å². The van der Waals surface area contributed by atoms with E-state index in [1.807, 2.05) is 48.5 Å². The molecule has 3 aromatic carbocycles. The smallest absolute Gasteiger partial charge is 0.258 e. The number of carbonyl (C=O) groups is 2. The molecule has 2 N–H and O–H groups in total. The van der Waals surface area contributed by atoms with E-state index in [0.29, 0.717) is 40.0 Å². The minimum absolute atomic E-state index is 0.0475. The second-order valence-corrected chi connectivity index (χ2v) is 10.6. The van der Waals surface area contributed by atoms with Crippen LogP contribution < -0.4 is 25.0 Å². The number of nitrogens with zero attached hydrogens (tertiary/aromatic N) is 3. The second kappa shape index (κ2) is 10.8. The average Bonchev–Trinajstić information content (AvgIpc) is 3.55. The van der Waals surface area contributed by atoms with Gasteiger partial charge in [0.05, 0.1) is 23.5 Å². The third-order valence-electron chi connectivity index (χ3n) is 7.49. The van der Waals surface area contributed by atoms with Gasteiger partial charge >= 0.3 is 0 Å². The van der Waals surface area contributed by atoms with Crippen LogP contribution in [-0.2, 0) is 9.59 Å². The van der Waals surface area contributed by atoms with E-state index < -0.39 is 0 Å². The Hall–Kier alpha value is -4.05. The summed E-state index contributed by atoms with van der Waals surface area (Å²) in [4.78, 5) is 32.3. The molecular weight excluding hydrogens is 530 g/mol. The lowest BCUT2D eigenvalue weighted by atomic mass is 9.99. The van der Waals surface area contributed by atoms with E-state index in [9.17, 15) is 9.59 Å².